The molecule has 6 unspecified atom stereocenters. The van der Waals surface area contributed by atoms with Gasteiger partial charge in [0.25, 0.3) is 0 Å². The fourth-order valence-corrected chi connectivity index (χ4v) is 13.6. The van der Waals surface area contributed by atoms with Crippen LogP contribution in [0.25, 0.3) is 0 Å². The summed E-state index contributed by atoms with van der Waals surface area (Å²) in [5.74, 6) is 2.79. The molecule has 4 rings (SSSR count). The van der Waals surface area contributed by atoms with Crippen molar-refractivity contribution >= 4 is 37.1 Å². The number of phenols is 1. The van der Waals surface area contributed by atoms with Crippen LogP contribution >= 0.6 is 18.6 Å². The van der Waals surface area contributed by atoms with Gasteiger partial charge in [0.15, 0.2) is 0 Å². The van der Waals surface area contributed by atoms with Crippen LogP contribution in [-0.4, -0.2) is 13.2 Å². The third-order valence-corrected chi connectivity index (χ3v) is 16.1. The van der Waals surface area contributed by atoms with E-state index in [4.69, 9.17) is 18.6 Å². The molecule has 0 amide bonds. The zero-order valence-corrected chi connectivity index (χ0v) is 32.7. The van der Waals surface area contributed by atoms with Crippen LogP contribution in [0.5, 0.6) is 5.75 Å². The molecule has 2 aliphatic carbocycles. The average Bonchev–Trinajstić information content (AvgIpc) is 3.16. The van der Waals surface area contributed by atoms with E-state index < -0.39 is 25.1 Å². The minimum atomic E-state index is -2.48. The van der Waals surface area contributed by atoms with E-state index in [2.05, 4.69) is 132 Å². The summed E-state index contributed by atoms with van der Waals surface area (Å²) in [4.78, 5) is 0. The first-order valence-electron chi connectivity index (χ1n) is 15.1. The van der Waals surface area contributed by atoms with Crippen molar-refractivity contribution in [1.82, 2.24) is 0 Å². The Labute approximate surface area is 276 Å². The summed E-state index contributed by atoms with van der Waals surface area (Å²) in [6, 6.07) is 16.0. The SMILES string of the molecule is CC1=C(C)C2C(C)C(C)C([Si](C)(c3ccccc3)c3cc(C(C)(C)C)cc(C(C)(C)C)c3O)C2C(C)=C1C.[CH3-].[Cl][Ti][Cl]. The zero-order valence-electron chi connectivity index (χ0n) is 28.6. The van der Waals surface area contributed by atoms with Crippen LogP contribution in [0, 0.1) is 31.1 Å². The number of aromatic hydroxyl groups is 1. The Morgan fingerprint density at radius 3 is 1.69 bits per heavy atom. The van der Waals surface area contributed by atoms with Gasteiger partial charge < -0.3 is 12.5 Å². The second kappa shape index (κ2) is 13.7. The van der Waals surface area contributed by atoms with Crippen LogP contribution in [-0.2, 0) is 27.9 Å². The first kappa shape index (κ1) is 37.4. The Kier molecular flexibility index (Phi) is 12.2. The van der Waals surface area contributed by atoms with Gasteiger partial charge in [0.05, 0.1) is 0 Å². The molecule has 232 valence electrons. The summed E-state index contributed by atoms with van der Waals surface area (Å²) >= 11 is -0.556. The van der Waals surface area contributed by atoms with Gasteiger partial charge in [0.2, 0.25) is 0 Å². The van der Waals surface area contributed by atoms with Gasteiger partial charge >= 0.3 is 35.6 Å². The van der Waals surface area contributed by atoms with Crippen molar-refractivity contribution in [1.29, 1.82) is 0 Å². The number of allylic oxidation sites excluding steroid dienone is 4. The molecule has 0 heterocycles. The molecule has 0 bridgehead atoms. The van der Waals surface area contributed by atoms with Gasteiger partial charge in [-0.3, -0.25) is 0 Å². The normalized spacial score (nSPS) is 25.6. The summed E-state index contributed by atoms with van der Waals surface area (Å²) in [6.45, 7) is 30.7. The third-order valence-electron chi connectivity index (χ3n) is 10.9. The summed E-state index contributed by atoms with van der Waals surface area (Å²) in [5, 5.41) is 14.9. The van der Waals surface area contributed by atoms with Crippen LogP contribution < -0.4 is 10.4 Å². The monoisotopic (exact) mass is 661 g/mol. The molecule has 0 saturated heterocycles. The minimum absolute atomic E-state index is 0. The van der Waals surface area contributed by atoms with Gasteiger partial charge in [-0.2, -0.15) is 0 Å². The average molecular weight is 663 g/mol. The topological polar surface area (TPSA) is 20.2 Å². The molecule has 0 spiro atoms. The maximum absolute atomic E-state index is 12.2. The molecule has 42 heavy (non-hydrogen) atoms. The molecule has 1 fully saturated rings. The maximum atomic E-state index is 12.2. The van der Waals surface area contributed by atoms with Gasteiger partial charge in [-0.15, -0.1) is 0 Å². The molecule has 1 nitrogen and oxygen atoms in total. The van der Waals surface area contributed by atoms with Crippen LogP contribution in [0.1, 0.15) is 94.2 Å². The number of halogens is 2. The van der Waals surface area contributed by atoms with E-state index >= 15 is 0 Å². The van der Waals surface area contributed by atoms with E-state index in [1.807, 2.05) is 0 Å². The van der Waals surface area contributed by atoms with Gasteiger partial charge in [0.1, 0.15) is 13.8 Å². The van der Waals surface area contributed by atoms with E-state index in [0.717, 1.165) is 5.56 Å². The molecular formula is C37H55Cl2OSiTi-. The van der Waals surface area contributed by atoms with Crippen LogP contribution in [0.2, 0.25) is 12.1 Å². The third kappa shape index (κ3) is 6.60. The van der Waals surface area contributed by atoms with Crippen molar-refractivity contribution in [2.75, 3.05) is 0 Å². The van der Waals surface area contributed by atoms with E-state index in [1.165, 1.54) is 27.1 Å². The summed E-state index contributed by atoms with van der Waals surface area (Å²) < 4.78 is 0. The standard InChI is InChI=1S/C36H52OSi.CH3.2ClH.Ti/c1-21-22(2)24(4)32-31(23(21)3)25(5)26(6)34(32)38(13,28-17-15-14-16-18-28)30-20-27(35(7,8)9)19-29(33(30)37)36(10,11)12;;;;/h14-20,25-26,31-32,34,37H,1-13H3;1H3;2*1H;/q;-1;;;+2/p-2. The summed E-state index contributed by atoms with van der Waals surface area (Å²) in [7, 11) is 7.30. The van der Waals surface area contributed by atoms with Gasteiger partial charge in [-0.25, -0.2) is 0 Å². The predicted octanol–water partition coefficient (Wildman–Crippen LogP) is 10.6. The molecule has 0 radical (unpaired) electrons. The molecule has 1 saturated carbocycles. The molecule has 2 aromatic carbocycles. The van der Waals surface area contributed by atoms with E-state index in [-0.39, 0.29) is 18.3 Å². The molecule has 0 aromatic heterocycles. The Bertz CT molecular complexity index is 1320. The Balaban J connectivity index is 0.00000148. The van der Waals surface area contributed by atoms with Crippen molar-refractivity contribution < 1.29 is 22.1 Å². The molecule has 0 aliphatic heterocycles. The Morgan fingerprint density at radius 2 is 1.24 bits per heavy atom. The molecule has 2 aliphatic rings. The molecular weight excluding hydrogens is 607 g/mol. The fourth-order valence-electron chi connectivity index (χ4n) is 8.06. The van der Waals surface area contributed by atoms with E-state index in [9.17, 15) is 5.11 Å². The van der Waals surface area contributed by atoms with Gasteiger partial charge in [-0.05, 0) is 95.2 Å². The Hall–Kier alpha value is -0.769. The van der Waals surface area contributed by atoms with Crippen molar-refractivity contribution in [2.45, 2.75) is 106 Å². The van der Waals surface area contributed by atoms with Crippen molar-refractivity contribution in [3.63, 3.8) is 0 Å². The molecule has 2 aromatic rings. The zero-order chi connectivity index (χ0) is 31.2. The van der Waals surface area contributed by atoms with Crippen molar-refractivity contribution in [2.24, 2.45) is 23.7 Å². The van der Waals surface area contributed by atoms with E-state index in [0.29, 0.717) is 35.0 Å². The quantitative estimate of drug-likeness (QED) is 0.256. The molecule has 1 N–H and O–H groups in total. The number of rotatable bonds is 3. The van der Waals surface area contributed by atoms with Crippen LogP contribution in [0.4, 0.5) is 0 Å². The van der Waals surface area contributed by atoms with E-state index in [1.54, 1.807) is 11.1 Å². The van der Waals surface area contributed by atoms with Gasteiger partial charge in [0, 0.05) is 0 Å². The molecule has 6 atom stereocenters. The number of hydrogen-bond acceptors (Lipinski definition) is 1. The van der Waals surface area contributed by atoms with Gasteiger partial charge in [-0.1, -0.05) is 121 Å². The summed E-state index contributed by atoms with van der Waals surface area (Å²) in [5.41, 5.74) is 8.93. The second-order valence-electron chi connectivity index (χ2n) is 15.0. The van der Waals surface area contributed by atoms with Crippen molar-refractivity contribution in [3.05, 3.63) is 83.3 Å². The Morgan fingerprint density at radius 1 is 0.762 bits per heavy atom. The first-order valence-corrected chi connectivity index (χ1v) is 22.0. The second-order valence-corrected chi connectivity index (χ2v) is 21.7. The predicted molar refractivity (Wildman–Crippen MR) is 187 cm³/mol. The number of hydrogen-bond donors (Lipinski definition) is 1. The number of benzene rings is 2. The number of phenolic OH excluding ortho intramolecular Hbond substituents is 1. The van der Waals surface area contributed by atoms with Crippen LogP contribution in [0.15, 0.2) is 64.8 Å². The summed E-state index contributed by atoms with van der Waals surface area (Å²) in [6.07, 6.45) is 0. The number of fused-ring (bicyclic) bond motifs is 1. The van der Waals surface area contributed by atoms with Crippen LogP contribution in [0.3, 0.4) is 0 Å². The van der Waals surface area contributed by atoms with Crippen molar-refractivity contribution in [3.8, 4) is 5.75 Å². The fraction of sp³-hybridized carbons (Fsp3) is 0.541. The molecule has 5 heteroatoms. The first-order chi connectivity index (χ1) is 18.8.